The first-order valence-electron chi connectivity index (χ1n) is 4.57. The number of hydrogen-bond donors (Lipinski definition) is 1. The Morgan fingerprint density at radius 2 is 1.40 bits per heavy atom. The topological polar surface area (TPSA) is 50.7 Å². The van der Waals surface area contributed by atoms with Gasteiger partial charge in [-0.05, 0) is 33.3 Å². The molecule has 0 amide bonds. The second-order valence-corrected chi connectivity index (χ2v) is 5.55. The Morgan fingerprint density at radius 3 is 1.73 bits per heavy atom. The average Bonchev–Trinajstić information content (AvgIpc) is 2.14. The van der Waals surface area contributed by atoms with Gasteiger partial charge in [0.05, 0.1) is 0 Å². The summed E-state index contributed by atoms with van der Waals surface area (Å²) >= 11 is 3.05. The van der Waals surface area contributed by atoms with Crippen molar-refractivity contribution in [3.63, 3.8) is 0 Å². The Kier molecular flexibility index (Phi) is 4.21. The Labute approximate surface area is 99.1 Å². The molecule has 0 saturated heterocycles. The van der Waals surface area contributed by atoms with Crippen LogP contribution in [0.15, 0.2) is 10.3 Å². The number of hydrogen-bond acceptors (Lipinski definition) is 6. The Hall–Kier alpha value is -0.490. The summed E-state index contributed by atoms with van der Waals surface area (Å²) in [4.78, 5) is 12.9. The molecule has 0 bridgehead atoms. The minimum absolute atomic E-state index is 0.0350. The fraction of sp³-hybridized carbons (Fsp3) is 0.667. The standard InChI is InChI=1S/C9H16N4S2/c1-9(2,3)13-6-10-7(14-4)12-8(11-6)15-5/h1-5H3,(H,10,11,12,13). The maximum Gasteiger partial charge on any atom is 0.228 e. The van der Waals surface area contributed by atoms with E-state index in [0.717, 1.165) is 10.3 Å². The second-order valence-electron chi connectivity index (χ2n) is 4.01. The number of aromatic nitrogens is 3. The van der Waals surface area contributed by atoms with Gasteiger partial charge in [0, 0.05) is 5.54 Å². The highest BCUT2D eigenvalue weighted by molar-refractivity contribution is 7.99. The van der Waals surface area contributed by atoms with E-state index in [-0.39, 0.29) is 5.54 Å². The van der Waals surface area contributed by atoms with E-state index in [0.29, 0.717) is 5.95 Å². The second kappa shape index (κ2) is 5.03. The molecule has 4 nitrogen and oxygen atoms in total. The van der Waals surface area contributed by atoms with E-state index in [1.807, 2.05) is 12.5 Å². The van der Waals surface area contributed by atoms with E-state index < -0.39 is 0 Å². The third-order valence-electron chi connectivity index (χ3n) is 1.45. The van der Waals surface area contributed by atoms with Crippen molar-refractivity contribution in [3.05, 3.63) is 0 Å². The summed E-state index contributed by atoms with van der Waals surface area (Å²) in [5.41, 5.74) is -0.0350. The zero-order chi connectivity index (χ0) is 11.5. The van der Waals surface area contributed by atoms with Crippen LogP contribution in [0.5, 0.6) is 0 Å². The SMILES string of the molecule is CSc1nc(NC(C)(C)C)nc(SC)n1. The van der Waals surface area contributed by atoms with Crippen molar-refractivity contribution in [2.45, 2.75) is 36.6 Å². The molecule has 0 aliphatic carbocycles. The van der Waals surface area contributed by atoms with E-state index in [1.165, 1.54) is 23.5 Å². The molecule has 0 saturated carbocycles. The number of nitrogens with one attached hydrogen (secondary N) is 1. The summed E-state index contributed by atoms with van der Waals surface area (Å²) < 4.78 is 0. The van der Waals surface area contributed by atoms with Gasteiger partial charge in [0.25, 0.3) is 0 Å². The van der Waals surface area contributed by atoms with Crippen molar-refractivity contribution >= 4 is 29.5 Å². The van der Waals surface area contributed by atoms with E-state index in [2.05, 4.69) is 41.0 Å². The molecule has 1 aromatic rings. The van der Waals surface area contributed by atoms with E-state index in [1.54, 1.807) is 0 Å². The van der Waals surface area contributed by atoms with Gasteiger partial charge in [-0.1, -0.05) is 23.5 Å². The van der Waals surface area contributed by atoms with Gasteiger partial charge in [0.1, 0.15) is 0 Å². The molecule has 15 heavy (non-hydrogen) atoms. The quantitative estimate of drug-likeness (QED) is 0.825. The van der Waals surface area contributed by atoms with Crippen LogP contribution in [0.25, 0.3) is 0 Å². The van der Waals surface area contributed by atoms with Gasteiger partial charge in [0.2, 0.25) is 5.95 Å². The average molecular weight is 244 g/mol. The maximum absolute atomic E-state index is 4.30. The van der Waals surface area contributed by atoms with Crippen LogP contribution < -0.4 is 5.32 Å². The van der Waals surface area contributed by atoms with Crippen molar-refractivity contribution in [1.82, 2.24) is 15.0 Å². The van der Waals surface area contributed by atoms with E-state index >= 15 is 0 Å². The molecule has 0 fully saturated rings. The van der Waals surface area contributed by atoms with Crippen molar-refractivity contribution in [3.8, 4) is 0 Å². The molecule has 0 aliphatic heterocycles. The number of rotatable bonds is 3. The van der Waals surface area contributed by atoms with Crippen LogP contribution in [-0.2, 0) is 0 Å². The van der Waals surface area contributed by atoms with Gasteiger partial charge in [0.15, 0.2) is 10.3 Å². The zero-order valence-electron chi connectivity index (χ0n) is 9.66. The highest BCUT2D eigenvalue weighted by Crippen LogP contribution is 2.18. The van der Waals surface area contributed by atoms with Crippen LogP contribution in [0.2, 0.25) is 0 Å². The van der Waals surface area contributed by atoms with E-state index in [9.17, 15) is 0 Å². The van der Waals surface area contributed by atoms with Gasteiger partial charge in [-0.15, -0.1) is 0 Å². The minimum Gasteiger partial charge on any atom is -0.349 e. The molecule has 1 aromatic heterocycles. The van der Waals surface area contributed by atoms with Crippen LogP contribution in [-0.4, -0.2) is 33.0 Å². The minimum atomic E-state index is -0.0350. The lowest BCUT2D eigenvalue weighted by Gasteiger charge is -2.20. The molecule has 1 N–H and O–H groups in total. The smallest absolute Gasteiger partial charge is 0.228 e. The molecule has 0 unspecified atom stereocenters. The first-order valence-corrected chi connectivity index (χ1v) is 7.02. The summed E-state index contributed by atoms with van der Waals surface area (Å²) in [7, 11) is 0. The monoisotopic (exact) mass is 244 g/mol. The third kappa shape index (κ3) is 4.25. The van der Waals surface area contributed by atoms with Gasteiger partial charge in [-0.3, -0.25) is 0 Å². The molecule has 0 spiro atoms. The number of nitrogens with zero attached hydrogens (tertiary/aromatic N) is 3. The van der Waals surface area contributed by atoms with Crippen molar-refractivity contribution in [2.24, 2.45) is 0 Å². The van der Waals surface area contributed by atoms with Gasteiger partial charge in [-0.2, -0.15) is 15.0 Å². The predicted octanol–water partition coefficient (Wildman–Crippen LogP) is 2.53. The van der Waals surface area contributed by atoms with Gasteiger partial charge < -0.3 is 5.32 Å². The lowest BCUT2D eigenvalue weighted by atomic mass is 10.1. The van der Waals surface area contributed by atoms with Gasteiger partial charge in [-0.25, -0.2) is 0 Å². The fourth-order valence-corrected chi connectivity index (χ4v) is 1.68. The van der Waals surface area contributed by atoms with Crippen LogP contribution in [0.4, 0.5) is 5.95 Å². The first-order chi connectivity index (χ1) is 6.94. The summed E-state index contributed by atoms with van der Waals surface area (Å²) in [6.07, 6.45) is 3.92. The molecule has 6 heteroatoms. The summed E-state index contributed by atoms with van der Waals surface area (Å²) in [6.45, 7) is 6.23. The Balaban J connectivity index is 2.97. The molecule has 1 rings (SSSR count). The fourth-order valence-electron chi connectivity index (χ4n) is 0.912. The third-order valence-corrected chi connectivity index (χ3v) is 2.54. The Bertz CT molecular complexity index is 313. The first kappa shape index (κ1) is 12.6. The molecular formula is C9H16N4S2. The van der Waals surface area contributed by atoms with Crippen molar-refractivity contribution < 1.29 is 0 Å². The predicted molar refractivity (Wildman–Crippen MR) is 66.8 cm³/mol. The van der Waals surface area contributed by atoms with Crippen LogP contribution in [0, 0.1) is 0 Å². The highest BCUT2D eigenvalue weighted by atomic mass is 32.2. The molecule has 0 aromatic carbocycles. The van der Waals surface area contributed by atoms with Crippen LogP contribution in [0.3, 0.4) is 0 Å². The summed E-state index contributed by atoms with van der Waals surface area (Å²) in [5, 5.41) is 4.74. The molecule has 0 radical (unpaired) electrons. The molecule has 84 valence electrons. The molecular weight excluding hydrogens is 228 g/mol. The lowest BCUT2D eigenvalue weighted by Crippen LogP contribution is -2.27. The molecule has 0 atom stereocenters. The molecule has 1 heterocycles. The number of anilines is 1. The molecule has 0 aliphatic rings. The summed E-state index contributed by atoms with van der Waals surface area (Å²) in [6, 6.07) is 0. The maximum atomic E-state index is 4.30. The summed E-state index contributed by atoms with van der Waals surface area (Å²) in [5.74, 6) is 0.645. The van der Waals surface area contributed by atoms with Crippen molar-refractivity contribution in [1.29, 1.82) is 0 Å². The zero-order valence-corrected chi connectivity index (χ0v) is 11.3. The van der Waals surface area contributed by atoms with Crippen molar-refractivity contribution in [2.75, 3.05) is 17.8 Å². The lowest BCUT2D eigenvalue weighted by molar-refractivity contribution is 0.617. The van der Waals surface area contributed by atoms with E-state index in [4.69, 9.17) is 0 Å². The van der Waals surface area contributed by atoms with Crippen LogP contribution in [0.1, 0.15) is 20.8 Å². The highest BCUT2D eigenvalue weighted by Gasteiger charge is 2.13. The Morgan fingerprint density at radius 1 is 0.933 bits per heavy atom. The van der Waals surface area contributed by atoms with Crippen LogP contribution >= 0.6 is 23.5 Å². The largest absolute Gasteiger partial charge is 0.349 e. The number of thioether (sulfide) groups is 2. The van der Waals surface area contributed by atoms with Gasteiger partial charge >= 0.3 is 0 Å². The normalized spacial score (nSPS) is 11.5.